The number of aromatic nitrogens is 2. The van der Waals surface area contributed by atoms with E-state index < -0.39 is 0 Å². The number of nitrogens with one attached hydrogen (secondary N) is 2. The summed E-state index contributed by atoms with van der Waals surface area (Å²) in [5.74, 6) is 1.31. The maximum atomic E-state index is 12.6. The third-order valence-corrected chi connectivity index (χ3v) is 3.90. The topological polar surface area (TPSA) is 76.2 Å². The van der Waals surface area contributed by atoms with Crippen LogP contribution in [0.2, 0.25) is 0 Å². The average Bonchev–Trinajstić information content (AvgIpc) is 3.17. The molecule has 0 spiro atoms. The second-order valence-electron chi connectivity index (χ2n) is 5.65. The van der Waals surface area contributed by atoms with Crippen molar-refractivity contribution in [3.8, 4) is 22.8 Å². The lowest BCUT2D eigenvalue weighted by Crippen LogP contribution is -2.23. The number of benzene rings is 2. The van der Waals surface area contributed by atoms with E-state index in [9.17, 15) is 4.79 Å². The molecule has 0 aliphatic carbocycles. The Morgan fingerprint density at radius 1 is 1.15 bits per heavy atom. The normalized spacial score (nSPS) is 10.4. The third-order valence-electron chi connectivity index (χ3n) is 3.90. The maximum absolute atomic E-state index is 12.6. The van der Waals surface area contributed by atoms with Crippen LogP contribution in [0.3, 0.4) is 0 Å². The number of amides is 1. The summed E-state index contributed by atoms with van der Waals surface area (Å²) < 4.78 is 10.7. The number of hydrogen-bond donors (Lipinski definition) is 2. The lowest BCUT2D eigenvalue weighted by Gasteiger charge is -2.09. The summed E-state index contributed by atoms with van der Waals surface area (Å²) in [4.78, 5) is 12.6. The van der Waals surface area contributed by atoms with Gasteiger partial charge in [0.15, 0.2) is 0 Å². The molecule has 3 rings (SSSR count). The Morgan fingerprint density at radius 3 is 2.77 bits per heavy atom. The fourth-order valence-corrected chi connectivity index (χ4v) is 2.65. The first-order chi connectivity index (χ1) is 12.7. The molecule has 3 aromatic rings. The van der Waals surface area contributed by atoms with Crippen molar-refractivity contribution in [2.75, 3.05) is 13.7 Å². The van der Waals surface area contributed by atoms with Gasteiger partial charge in [-0.1, -0.05) is 24.3 Å². The number of methoxy groups -OCH3 is 1. The Kier molecular flexibility index (Phi) is 5.53. The van der Waals surface area contributed by atoms with E-state index in [1.165, 1.54) is 6.20 Å². The molecule has 6 nitrogen and oxygen atoms in total. The summed E-state index contributed by atoms with van der Waals surface area (Å²) >= 11 is 0. The number of carbonyl (C=O) groups excluding carboxylic acids is 1. The van der Waals surface area contributed by atoms with E-state index in [1.807, 2.05) is 55.5 Å². The molecular formula is C20H21N3O3. The molecular weight excluding hydrogens is 330 g/mol. The van der Waals surface area contributed by atoms with Crippen molar-refractivity contribution >= 4 is 5.91 Å². The lowest BCUT2D eigenvalue weighted by molar-refractivity contribution is 0.0951. The summed E-state index contributed by atoms with van der Waals surface area (Å²) in [6, 6.07) is 15.1. The average molecular weight is 351 g/mol. The van der Waals surface area contributed by atoms with Crippen molar-refractivity contribution < 1.29 is 14.3 Å². The minimum atomic E-state index is -0.196. The van der Waals surface area contributed by atoms with Gasteiger partial charge in [0.25, 0.3) is 5.91 Å². The monoisotopic (exact) mass is 351 g/mol. The van der Waals surface area contributed by atoms with Gasteiger partial charge >= 0.3 is 0 Å². The van der Waals surface area contributed by atoms with E-state index in [0.717, 1.165) is 22.6 Å². The third kappa shape index (κ3) is 4.03. The molecule has 0 saturated carbocycles. The maximum Gasteiger partial charge on any atom is 0.255 e. The summed E-state index contributed by atoms with van der Waals surface area (Å²) in [7, 11) is 1.61. The van der Waals surface area contributed by atoms with Gasteiger partial charge in [-0.25, -0.2) is 0 Å². The quantitative estimate of drug-likeness (QED) is 0.684. The van der Waals surface area contributed by atoms with E-state index in [-0.39, 0.29) is 5.91 Å². The smallest absolute Gasteiger partial charge is 0.255 e. The van der Waals surface area contributed by atoms with Crippen molar-refractivity contribution in [3.05, 3.63) is 65.9 Å². The number of nitrogens with zero attached hydrogens (tertiary/aromatic N) is 1. The Bertz CT molecular complexity index is 889. The molecule has 1 aromatic heterocycles. The first-order valence-electron chi connectivity index (χ1n) is 8.39. The first-order valence-corrected chi connectivity index (χ1v) is 8.39. The van der Waals surface area contributed by atoms with Gasteiger partial charge < -0.3 is 14.8 Å². The largest absolute Gasteiger partial charge is 0.497 e. The second kappa shape index (κ2) is 8.20. The Labute approximate surface area is 152 Å². The van der Waals surface area contributed by atoms with Gasteiger partial charge in [-0.2, -0.15) is 5.10 Å². The minimum absolute atomic E-state index is 0.196. The number of carbonyl (C=O) groups is 1. The van der Waals surface area contributed by atoms with Gasteiger partial charge in [0.1, 0.15) is 11.5 Å². The summed E-state index contributed by atoms with van der Waals surface area (Å²) in [5, 5.41) is 9.84. The predicted molar refractivity (Wildman–Crippen MR) is 99.4 cm³/mol. The zero-order chi connectivity index (χ0) is 18.4. The Hall–Kier alpha value is -3.28. The Morgan fingerprint density at radius 2 is 1.96 bits per heavy atom. The van der Waals surface area contributed by atoms with Crippen LogP contribution in [-0.4, -0.2) is 29.8 Å². The molecule has 0 radical (unpaired) electrons. The highest BCUT2D eigenvalue weighted by Gasteiger charge is 2.15. The van der Waals surface area contributed by atoms with Crippen LogP contribution < -0.4 is 14.8 Å². The molecule has 26 heavy (non-hydrogen) atoms. The van der Waals surface area contributed by atoms with Gasteiger partial charge in [-0.15, -0.1) is 0 Å². The second-order valence-corrected chi connectivity index (χ2v) is 5.65. The van der Waals surface area contributed by atoms with E-state index in [4.69, 9.17) is 9.47 Å². The number of aromatic amines is 1. The highest BCUT2D eigenvalue weighted by atomic mass is 16.5. The molecule has 1 amide bonds. The van der Waals surface area contributed by atoms with Gasteiger partial charge in [0, 0.05) is 12.1 Å². The minimum Gasteiger partial charge on any atom is -0.497 e. The Balaban J connectivity index is 1.73. The van der Waals surface area contributed by atoms with Crippen molar-refractivity contribution in [1.82, 2.24) is 15.5 Å². The van der Waals surface area contributed by atoms with E-state index in [1.54, 1.807) is 7.11 Å². The molecule has 0 bridgehead atoms. The molecule has 6 heteroatoms. The molecule has 0 aliphatic heterocycles. The molecule has 0 saturated heterocycles. The van der Waals surface area contributed by atoms with Gasteiger partial charge in [0.2, 0.25) is 0 Å². The predicted octanol–water partition coefficient (Wildman–Crippen LogP) is 3.41. The van der Waals surface area contributed by atoms with Crippen LogP contribution in [0.1, 0.15) is 22.8 Å². The van der Waals surface area contributed by atoms with Crippen LogP contribution >= 0.6 is 0 Å². The lowest BCUT2D eigenvalue weighted by atomic mass is 10.1. The van der Waals surface area contributed by atoms with Gasteiger partial charge in [-0.05, 0) is 36.8 Å². The van der Waals surface area contributed by atoms with Crippen LogP contribution in [0.25, 0.3) is 11.3 Å². The zero-order valence-electron chi connectivity index (χ0n) is 14.8. The fraction of sp³-hybridized carbons (Fsp3) is 0.200. The van der Waals surface area contributed by atoms with Crippen molar-refractivity contribution in [3.63, 3.8) is 0 Å². The molecule has 2 aromatic carbocycles. The van der Waals surface area contributed by atoms with Crippen LogP contribution in [0, 0.1) is 0 Å². The highest BCUT2D eigenvalue weighted by Crippen LogP contribution is 2.25. The molecule has 0 fully saturated rings. The highest BCUT2D eigenvalue weighted by molar-refractivity contribution is 5.99. The first kappa shape index (κ1) is 17.5. The molecule has 134 valence electrons. The van der Waals surface area contributed by atoms with Crippen molar-refractivity contribution in [2.24, 2.45) is 0 Å². The number of ether oxygens (including phenoxy) is 2. The van der Waals surface area contributed by atoms with E-state index >= 15 is 0 Å². The van der Waals surface area contributed by atoms with Crippen LogP contribution in [0.4, 0.5) is 0 Å². The fourth-order valence-electron chi connectivity index (χ4n) is 2.65. The van der Waals surface area contributed by atoms with Crippen LogP contribution in [-0.2, 0) is 6.54 Å². The number of H-pyrrole nitrogens is 1. The van der Waals surface area contributed by atoms with Crippen molar-refractivity contribution in [1.29, 1.82) is 0 Å². The SMILES string of the molecule is CCOc1cccc(CNC(=O)c2cn[nH]c2-c2cccc(OC)c2)c1. The van der Waals surface area contributed by atoms with Gasteiger partial charge in [-0.3, -0.25) is 9.89 Å². The number of hydrogen-bond acceptors (Lipinski definition) is 4. The summed E-state index contributed by atoms with van der Waals surface area (Å²) in [5.41, 5.74) is 2.95. The molecule has 0 unspecified atom stereocenters. The molecule has 2 N–H and O–H groups in total. The standard InChI is InChI=1S/C20H21N3O3/c1-3-26-17-9-4-6-14(10-17)12-21-20(24)18-13-22-23-19(18)15-7-5-8-16(11-15)25-2/h4-11,13H,3,12H2,1-2H3,(H,21,24)(H,22,23). The van der Waals surface area contributed by atoms with Crippen molar-refractivity contribution in [2.45, 2.75) is 13.5 Å². The van der Waals surface area contributed by atoms with E-state index in [0.29, 0.717) is 24.4 Å². The molecule has 0 atom stereocenters. The summed E-state index contributed by atoms with van der Waals surface area (Å²) in [6.07, 6.45) is 1.53. The zero-order valence-corrected chi connectivity index (χ0v) is 14.8. The molecule has 0 aliphatic rings. The van der Waals surface area contributed by atoms with Gasteiger partial charge in [0.05, 0.1) is 31.2 Å². The van der Waals surface area contributed by atoms with Crippen LogP contribution in [0.5, 0.6) is 11.5 Å². The molecule has 1 heterocycles. The summed E-state index contributed by atoms with van der Waals surface area (Å²) in [6.45, 7) is 2.95. The van der Waals surface area contributed by atoms with E-state index in [2.05, 4.69) is 15.5 Å². The number of rotatable bonds is 7. The van der Waals surface area contributed by atoms with Crippen LogP contribution in [0.15, 0.2) is 54.7 Å².